The third-order valence-electron chi connectivity index (χ3n) is 5.85. The maximum atomic E-state index is 13.4. The molecule has 0 radical (unpaired) electrons. The number of rotatable bonds is 12. The molecule has 2 unspecified atom stereocenters. The summed E-state index contributed by atoms with van der Waals surface area (Å²) in [6, 6.07) is 7.15. The smallest absolute Gasteiger partial charge is 0.307 e. The van der Waals surface area contributed by atoms with Crippen molar-refractivity contribution in [3.05, 3.63) is 29.8 Å². The van der Waals surface area contributed by atoms with Crippen molar-refractivity contribution in [3.63, 3.8) is 0 Å². The summed E-state index contributed by atoms with van der Waals surface area (Å²) in [6.45, 7) is 8.50. The van der Waals surface area contributed by atoms with Crippen LogP contribution in [0, 0.1) is 0 Å². The van der Waals surface area contributed by atoms with Gasteiger partial charge in [-0.05, 0) is 50.6 Å². The van der Waals surface area contributed by atoms with Crippen molar-refractivity contribution in [3.8, 4) is 5.75 Å². The number of hydrogen-bond acceptors (Lipinski definition) is 6. The molecule has 32 heavy (non-hydrogen) atoms. The lowest BCUT2D eigenvalue weighted by Gasteiger charge is -2.31. The van der Waals surface area contributed by atoms with Gasteiger partial charge >= 0.3 is 5.97 Å². The Morgan fingerprint density at radius 2 is 1.94 bits per heavy atom. The van der Waals surface area contributed by atoms with Crippen LogP contribution in [-0.2, 0) is 19.1 Å². The minimum absolute atomic E-state index is 0.0909. The fraction of sp³-hybridized carbons (Fsp3) is 0.625. The van der Waals surface area contributed by atoms with E-state index < -0.39 is 6.04 Å². The molecule has 2 rings (SSSR count). The lowest BCUT2D eigenvalue weighted by Crippen LogP contribution is -2.45. The Balaban J connectivity index is 2.15. The normalized spacial score (nSPS) is 16.9. The van der Waals surface area contributed by atoms with Gasteiger partial charge in [0.15, 0.2) is 0 Å². The Hall–Kier alpha value is -2.61. The number of methoxy groups -OCH3 is 1. The Kier molecular flexibility index (Phi) is 10.5. The average molecular weight is 448 g/mol. The van der Waals surface area contributed by atoms with E-state index in [1.54, 1.807) is 18.9 Å². The molecule has 0 saturated carbocycles. The first-order valence-electron chi connectivity index (χ1n) is 11.5. The minimum atomic E-state index is -0.457. The molecule has 1 aliphatic heterocycles. The highest BCUT2D eigenvalue weighted by Crippen LogP contribution is 2.23. The van der Waals surface area contributed by atoms with Crippen LogP contribution in [-0.4, -0.2) is 73.5 Å². The molecular weight excluding hydrogens is 410 g/mol. The molecule has 0 spiro atoms. The number of likely N-dealkylation sites (tertiary alicyclic amines) is 1. The number of nitrogens with one attached hydrogen (secondary N) is 1. The number of likely N-dealkylation sites (N-methyl/N-ethyl adjacent to an activating group) is 1. The van der Waals surface area contributed by atoms with Gasteiger partial charge in [-0.2, -0.15) is 0 Å². The van der Waals surface area contributed by atoms with E-state index >= 15 is 0 Å². The molecule has 2 amide bonds. The monoisotopic (exact) mass is 447 g/mol. The molecule has 8 nitrogen and oxygen atoms in total. The van der Waals surface area contributed by atoms with Gasteiger partial charge in [0.1, 0.15) is 5.75 Å². The molecule has 1 aromatic carbocycles. The Bertz CT molecular complexity index is 753. The van der Waals surface area contributed by atoms with Gasteiger partial charge < -0.3 is 19.7 Å². The highest BCUT2D eigenvalue weighted by atomic mass is 16.5. The first-order valence-corrected chi connectivity index (χ1v) is 11.5. The summed E-state index contributed by atoms with van der Waals surface area (Å²) in [4.78, 5) is 41.3. The van der Waals surface area contributed by atoms with E-state index in [9.17, 15) is 14.4 Å². The summed E-state index contributed by atoms with van der Waals surface area (Å²) in [5.74, 6) is 0.104. The van der Waals surface area contributed by atoms with Crippen LogP contribution in [0.3, 0.4) is 0 Å². The van der Waals surface area contributed by atoms with Crippen LogP contribution >= 0.6 is 0 Å². The van der Waals surface area contributed by atoms with Crippen molar-refractivity contribution in [2.75, 3.05) is 39.9 Å². The number of ether oxygens (including phenoxy) is 2. The molecule has 1 saturated heterocycles. The van der Waals surface area contributed by atoms with Crippen LogP contribution in [0.1, 0.15) is 58.1 Å². The number of nitrogens with zero attached hydrogens (tertiary/aromatic N) is 2. The largest absolute Gasteiger partial charge is 0.497 e. The van der Waals surface area contributed by atoms with Crippen LogP contribution in [0.2, 0.25) is 0 Å². The molecule has 1 N–H and O–H groups in total. The second-order valence-electron chi connectivity index (χ2n) is 8.05. The molecule has 0 aliphatic carbocycles. The van der Waals surface area contributed by atoms with Crippen LogP contribution in [0.4, 0.5) is 0 Å². The molecule has 1 aromatic rings. The van der Waals surface area contributed by atoms with E-state index in [2.05, 4.69) is 17.1 Å². The van der Waals surface area contributed by atoms with Crippen LogP contribution < -0.4 is 10.1 Å². The van der Waals surface area contributed by atoms with Gasteiger partial charge in [-0.25, -0.2) is 0 Å². The quantitative estimate of drug-likeness (QED) is 0.496. The molecule has 8 heteroatoms. The zero-order valence-electron chi connectivity index (χ0n) is 19.8. The fourth-order valence-electron chi connectivity index (χ4n) is 4.19. The number of carbonyl (C=O) groups is 3. The molecule has 0 bridgehead atoms. The van der Waals surface area contributed by atoms with Gasteiger partial charge in [0.05, 0.1) is 32.6 Å². The summed E-state index contributed by atoms with van der Waals surface area (Å²) < 4.78 is 10.3. The van der Waals surface area contributed by atoms with Gasteiger partial charge in [0.25, 0.3) is 0 Å². The third kappa shape index (κ3) is 7.82. The third-order valence-corrected chi connectivity index (χ3v) is 5.85. The van der Waals surface area contributed by atoms with Crippen molar-refractivity contribution in [2.45, 2.75) is 58.5 Å². The second-order valence-corrected chi connectivity index (χ2v) is 8.05. The SMILES string of the molecule is CCOC(=O)CCN(CC1CCCN1CC)C(=O)CC(NC(C)=O)c1ccc(OC)cc1. The van der Waals surface area contributed by atoms with E-state index in [0.717, 1.165) is 31.5 Å². The maximum absolute atomic E-state index is 13.4. The number of hydrogen-bond donors (Lipinski definition) is 1. The maximum Gasteiger partial charge on any atom is 0.307 e. The van der Waals surface area contributed by atoms with Gasteiger partial charge in [-0.3, -0.25) is 19.3 Å². The first kappa shape index (κ1) is 25.6. The fourth-order valence-corrected chi connectivity index (χ4v) is 4.19. The molecule has 1 heterocycles. The number of esters is 1. The lowest BCUT2D eigenvalue weighted by molar-refractivity contribution is -0.144. The first-order chi connectivity index (χ1) is 15.4. The van der Waals surface area contributed by atoms with E-state index in [1.165, 1.54) is 6.92 Å². The molecule has 178 valence electrons. The van der Waals surface area contributed by atoms with Gasteiger partial charge in [-0.15, -0.1) is 0 Å². The number of benzene rings is 1. The van der Waals surface area contributed by atoms with Crippen molar-refractivity contribution in [1.82, 2.24) is 15.1 Å². The van der Waals surface area contributed by atoms with Crippen LogP contribution in [0.5, 0.6) is 5.75 Å². The van der Waals surface area contributed by atoms with Crippen molar-refractivity contribution < 1.29 is 23.9 Å². The summed E-state index contributed by atoms with van der Waals surface area (Å²) >= 11 is 0. The van der Waals surface area contributed by atoms with Crippen molar-refractivity contribution >= 4 is 17.8 Å². The number of amides is 2. The van der Waals surface area contributed by atoms with Crippen molar-refractivity contribution in [2.24, 2.45) is 0 Å². The highest BCUT2D eigenvalue weighted by Gasteiger charge is 2.29. The molecule has 1 fully saturated rings. The molecular formula is C24H37N3O5. The lowest BCUT2D eigenvalue weighted by atomic mass is 10.0. The van der Waals surface area contributed by atoms with E-state index in [1.807, 2.05) is 24.3 Å². The van der Waals surface area contributed by atoms with Gasteiger partial charge in [0, 0.05) is 26.1 Å². The minimum Gasteiger partial charge on any atom is -0.497 e. The Morgan fingerprint density at radius 3 is 2.53 bits per heavy atom. The second kappa shape index (κ2) is 13.1. The van der Waals surface area contributed by atoms with Crippen molar-refractivity contribution in [1.29, 1.82) is 0 Å². The van der Waals surface area contributed by atoms with Gasteiger partial charge in [-0.1, -0.05) is 19.1 Å². The molecule has 0 aromatic heterocycles. The van der Waals surface area contributed by atoms with Crippen LogP contribution in [0.15, 0.2) is 24.3 Å². The number of carbonyl (C=O) groups excluding carboxylic acids is 3. The average Bonchev–Trinajstić information content (AvgIpc) is 3.23. The zero-order valence-corrected chi connectivity index (χ0v) is 19.8. The highest BCUT2D eigenvalue weighted by molar-refractivity contribution is 5.80. The van der Waals surface area contributed by atoms with Crippen LogP contribution in [0.25, 0.3) is 0 Å². The van der Waals surface area contributed by atoms with E-state index in [0.29, 0.717) is 25.4 Å². The topological polar surface area (TPSA) is 88.2 Å². The Labute approximate surface area is 191 Å². The molecule has 1 aliphatic rings. The predicted molar refractivity (Wildman–Crippen MR) is 122 cm³/mol. The Morgan fingerprint density at radius 1 is 1.22 bits per heavy atom. The summed E-state index contributed by atoms with van der Waals surface area (Å²) in [5, 5.41) is 2.89. The van der Waals surface area contributed by atoms with Gasteiger partial charge in [0.2, 0.25) is 11.8 Å². The zero-order chi connectivity index (χ0) is 23.5. The summed E-state index contributed by atoms with van der Waals surface area (Å²) in [7, 11) is 1.59. The standard InChI is InChI=1S/C24H37N3O5/c1-5-26-14-7-8-20(26)17-27(15-13-24(30)32-6-2)23(29)16-22(25-18(3)28)19-9-11-21(31-4)12-10-19/h9-12,20,22H,5-8,13-17H2,1-4H3,(H,25,28). The predicted octanol–water partition coefficient (Wildman–Crippen LogP) is 2.53. The summed E-state index contributed by atoms with van der Waals surface area (Å²) in [5.41, 5.74) is 0.829. The summed E-state index contributed by atoms with van der Waals surface area (Å²) in [6.07, 6.45) is 2.42. The molecule has 2 atom stereocenters. The van der Waals surface area contributed by atoms with E-state index in [4.69, 9.17) is 9.47 Å². The van der Waals surface area contributed by atoms with E-state index in [-0.39, 0.29) is 36.7 Å².